The van der Waals surface area contributed by atoms with Crippen molar-refractivity contribution in [3.8, 4) is 5.75 Å². The predicted molar refractivity (Wildman–Crippen MR) is 78.7 cm³/mol. The van der Waals surface area contributed by atoms with Crippen LogP contribution in [0, 0.1) is 0 Å². The van der Waals surface area contributed by atoms with E-state index in [0.717, 1.165) is 5.69 Å². The molecule has 0 amide bonds. The van der Waals surface area contributed by atoms with Gasteiger partial charge in [0.1, 0.15) is 0 Å². The zero-order chi connectivity index (χ0) is 14.7. The van der Waals surface area contributed by atoms with Crippen LogP contribution in [-0.4, -0.2) is 36.8 Å². The second-order valence-corrected chi connectivity index (χ2v) is 4.65. The van der Waals surface area contributed by atoms with E-state index in [1.54, 1.807) is 18.0 Å². The van der Waals surface area contributed by atoms with Crippen LogP contribution >= 0.6 is 0 Å². The molecule has 0 N–H and O–H groups in total. The number of benzene rings is 1. The molecule has 0 aliphatic carbocycles. The van der Waals surface area contributed by atoms with Gasteiger partial charge in [-0.3, -0.25) is 9.48 Å². The highest BCUT2D eigenvalue weighted by molar-refractivity contribution is 6.09. The molecule has 20 heavy (non-hydrogen) atoms. The lowest BCUT2D eigenvalue weighted by atomic mass is 10.1. The molecule has 0 atom stereocenters. The van der Waals surface area contributed by atoms with Crippen molar-refractivity contribution in [2.24, 2.45) is 0 Å². The molecule has 0 saturated heterocycles. The van der Waals surface area contributed by atoms with E-state index in [2.05, 4.69) is 5.10 Å². The first-order chi connectivity index (χ1) is 9.58. The number of rotatable bonds is 5. The Morgan fingerprint density at radius 2 is 1.95 bits per heavy atom. The number of hydrogen-bond donors (Lipinski definition) is 0. The van der Waals surface area contributed by atoms with Crippen LogP contribution in [0.2, 0.25) is 0 Å². The first kappa shape index (κ1) is 14.1. The summed E-state index contributed by atoms with van der Waals surface area (Å²) in [6, 6.07) is 7.49. The lowest BCUT2D eigenvalue weighted by Crippen LogP contribution is -2.12. The highest BCUT2D eigenvalue weighted by atomic mass is 16.5. The van der Waals surface area contributed by atoms with Crippen molar-refractivity contribution < 1.29 is 9.53 Å². The average Bonchev–Trinajstić information content (AvgIpc) is 2.89. The molecule has 5 heteroatoms. The van der Waals surface area contributed by atoms with Crippen molar-refractivity contribution in [2.75, 3.05) is 26.1 Å². The molecule has 2 aromatic rings. The summed E-state index contributed by atoms with van der Waals surface area (Å²) in [6.07, 6.45) is 1.57. The summed E-state index contributed by atoms with van der Waals surface area (Å²) in [6.45, 7) is 2.57. The molecule has 2 rings (SSSR count). The molecule has 0 aliphatic heterocycles. The van der Waals surface area contributed by atoms with E-state index in [0.29, 0.717) is 23.6 Å². The molecule has 0 spiro atoms. The minimum Gasteiger partial charge on any atom is -0.493 e. The maximum atomic E-state index is 12.6. The fourth-order valence-corrected chi connectivity index (χ4v) is 2.03. The summed E-state index contributed by atoms with van der Waals surface area (Å²) < 4.78 is 6.87. The van der Waals surface area contributed by atoms with Gasteiger partial charge >= 0.3 is 0 Å². The van der Waals surface area contributed by atoms with Gasteiger partial charge in [-0.05, 0) is 31.2 Å². The minimum absolute atomic E-state index is 0.0773. The molecule has 0 unspecified atom stereocenters. The fraction of sp³-hybridized carbons (Fsp3) is 0.333. The Morgan fingerprint density at radius 1 is 1.30 bits per heavy atom. The van der Waals surface area contributed by atoms with Crippen molar-refractivity contribution in [1.29, 1.82) is 0 Å². The van der Waals surface area contributed by atoms with Gasteiger partial charge in [-0.15, -0.1) is 0 Å². The Hall–Kier alpha value is -2.30. The topological polar surface area (TPSA) is 47.4 Å². The van der Waals surface area contributed by atoms with Crippen LogP contribution in [0.5, 0.6) is 5.75 Å². The second-order valence-electron chi connectivity index (χ2n) is 4.65. The van der Waals surface area contributed by atoms with Gasteiger partial charge < -0.3 is 9.64 Å². The molecule has 5 nitrogen and oxygen atoms in total. The van der Waals surface area contributed by atoms with E-state index < -0.39 is 0 Å². The van der Waals surface area contributed by atoms with Crippen LogP contribution in [0.15, 0.2) is 30.5 Å². The summed E-state index contributed by atoms with van der Waals surface area (Å²) in [5, 5.41) is 4.16. The fourth-order valence-electron chi connectivity index (χ4n) is 2.03. The summed E-state index contributed by atoms with van der Waals surface area (Å²) in [4.78, 5) is 14.6. The zero-order valence-electron chi connectivity index (χ0n) is 12.3. The van der Waals surface area contributed by atoms with E-state index in [9.17, 15) is 4.79 Å². The summed E-state index contributed by atoms with van der Waals surface area (Å²) in [7, 11) is 5.47. The maximum absolute atomic E-state index is 12.6. The van der Waals surface area contributed by atoms with Crippen molar-refractivity contribution in [3.63, 3.8) is 0 Å². The molecule has 0 bridgehead atoms. The van der Waals surface area contributed by atoms with Crippen LogP contribution in [-0.2, 0) is 6.54 Å². The van der Waals surface area contributed by atoms with Crippen LogP contribution in [0.1, 0.15) is 23.0 Å². The molecule has 0 radical (unpaired) electrons. The largest absolute Gasteiger partial charge is 0.493 e. The minimum atomic E-state index is -0.0773. The molecule has 0 saturated carbocycles. The smallest absolute Gasteiger partial charge is 0.214 e. The van der Waals surface area contributed by atoms with E-state index in [4.69, 9.17) is 4.74 Å². The highest BCUT2D eigenvalue weighted by Crippen LogP contribution is 2.22. The number of carbonyl (C=O) groups is 1. The van der Waals surface area contributed by atoms with Gasteiger partial charge in [0.15, 0.2) is 11.4 Å². The van der Waals surface area contributed by atoms with Crippen molar-refractivity contribution in [2.45, 2.75) is 13.5 Å². The third-order valence-corrected chi connectivity index (χ3v) is 3.19. The molecule has 106 valence electrons. The van der Waals surface area contributed by atoms with Crippen molar-refractivity contribution in [3.05, 3.63) is 41.7 Å². The highest BCUT2D eigenvalue weighted by Gasteiger charge is 2.20. The van der Waals surface area contributed by atoms with Crippen LogP contribution in [0.3, 0.4) is 0 Å². The number of aryl methyl sites for hydroxylation is 1. The Kier molecular flexibility index (Phi) is 4.08. The number of hydrogen-bond acceptors (Lipinski definition) is 4. The van der Waals surface area contributed by atoms with Crippen molar-refractivity contribution in [1.82, 2.24) is 9.78 Å². The normalized spacial score (nSPS) is 10.4. The second kappa shape index (κ2) is 5.77. The number of anilines is 1. The number of carbonyl (C=O) groups excluding carboxylic acids is 1. The average molecular weight is 273 g/mol. The van der Waals surface area contributed by atoms with Gasteiger partial charge in [0.2, 0.25) is 5.78 Å². The molecule has 1 aromatic heterocycles. The van der Waals surface area contributed by atoms with Crippen LogP contribution in [0.4, 0.5) is 5.69 Å². The number of nitrogens with zero attached hydrogens (tertiary/aromatic N) is 3. The van der Waals surface area contributed by atoms with Crippen LogP contribution in [0.25, 0.3) is 0 Å². The standard InChI is InChI=1S/C15H19N3O2/c1-5-18-14(13(20-4)10-16-18)15(19)11-6-8-12(9-7-11)17(2)3/h6-10H,5H2,1-4H3. The number of methoxy groups -OCH3 is 1. The molecular formula is C15H19N3O2. The monoisotopic (exact) mass is 273 g/mol. The van der Waals surface area contributed by atoms with Gasteiger partial charge in [-0.1, -0.05) is 0 Å². The zero-order valence-corrected chi connectivity index (χ0v) is 12.3. The van der Waals surface area contributed by atoms with Gasteiger partial charge in [-0.2, -0.15) is 5.10 Å². The number of ketones is 1. The van der Waals surface area contributed by atoms with E-state index in [1.807, 2.05) is 50.2 Å². The molecular weight excluding hydrogens is 254 g/mol. The number of ether oxygens (including phenoxy) is 1. The van der Waals surface area contributed by atoms with Crippen LogP contribution < -0.4 is 9.64 Å². The van der Waals surface area contributed by atoms with Crippen molar-refractivity contribution >= 4 is 11.5 Å². The first-order valence-corrected chi connectivity index (χ1v) is 6.50. The molecule has 0 fully saturated rings. The van der Waals surface area contributed by atoms with E-state index in [1.165, 1.54) is 0 Å². The van der Waals surface area contributed by atoms with E-state index in [-0.39, 0.29) is 5.78 Å². The Bertz CT molecular complexity index is 579. The SMILES string of the molecule is CCn1ncc(OC)c1C(=O)c1ccc(N(C)C)cc1. The van der Waals surface area contributed by atoms with Gasteiger partial charge in [0.05, 0.1) is 13.3 Å². The summed E-state index contributed by atoms with van der Waals surface area (Å²) in [5.41, 5.74) is 2.18. The molecule has 0 aliphatic rings. The van der Waals surface area contributed by atoms with Gasteiger partial charge in [-0.25, -0.2) is 0 Å². The Labute approximate surface area is 118 Å². The lowest BCUT2D eigenvalue weighted by Gasteiger charge is -2.12. The third-order valence-electron chi connectivity index (χ3n) is 3.19. The molecule has 1 heterocycles. The predicted octanol–water partition coefficient (Wildman–Crippen LogP) is 2.21. The third kappa shape index (κ3) is 2.52. The maximum Gasteiger partial charge on any atom is 0.214 e. The number of aromatic nitrogens is 2. The Morgan fingerprint density at radius 3 is 2.45 bits per heavy atom. The summed E-state index contributed by atoms with van der Waals surface area (Å²) >= 11 is 0. The van der Waals surface area contributed by atoms with Gasteiger partial charge in [0.25, 0.3) is 0 Å². The molecule has 1 aromatic carbocycles. The summed E-state index contributed by atoms with van der Waals surface area (Å²) in [5.74, 6) is 0.431. The van der Waals surface area contributed by atoms with Gasteiger partial charge in [0, 0.05) is 31.9 Å². The van der Waals surface area contributed by atoms with E-state index >= 15 is 0 Å². The Balaban J connectivity index is 2.38. The lowest BCUT2D eigenvalue weighted by molar-refractivity contribution is 0.102. The first-order valence-electron chi connectivity index (χ1n) is 6.50. The quantitative estimate of drug-likeness (QED) is 0.784.